The van der Waals surface area contributed by atoms with E-state index in [1.165, 1.54) is 5.56 Å². The Balaban J connectivity index is 1.93. The van der Waals surface area contributed by atoms with Gasteiger partial charge in [-0.15, -0.1) is 0 Å². The first-order chi connectivity index (χ1) is 10.3. The highest BCUT2D eigenvalue weighted by Crippen LogP contribution is 2.36. The highest BCUT2D eigenvalue weighted by Gasteiger charge is 2.18. The van der Waals surface area contributed by atoms with Gasteiger partial charge in [0.05, 0.1) is 11.4 Å². The Bertz CT molecular complexity index is 839. The maximum absolute atomic E-state index is 5.94. The summed E-state index contributed by atoms with van der Waals surface area (Å²) in [6.45, 7) is 2.75. The van der Waals surface area contributed by atoms with Gasteiger partial charge in [-0.1, -0.05) is 6.07 Å². The molecule has 0 amide bonds. The molecule has 0 aliphatic carbocycles. The van der Waals surface area contributed by atoms with Crippen molar-refractivity contribution in [1.82, 2.24) is 9.38 Å². The predicted molar refractivity (Wildman–Crippen MR) is 79.4 cm³/mol. The van der Waals surface area contributed by atoms with Gasteiger partial charge in [0, 0.05) is 18.3 Å². The number of aryl methyl sites for hydroxylation is 1. The molecule has 106 valence electrons. The molecule has 0 atom stereocenters. The van der Waals surface area contributed by atoms with Crippen LogP contribution in [0.1, 0.15) is 11.3 Å². The number of hydrogen-bond acceptors (Lipinski definition) is 4. The fourth-order valence-electron chi connectivity index (χ4n) is 2.67. The van der Waals surface area contributed by atoms with Crippen molar-refractivity contribution in [2.45, 2.75) is 13.5 Å². The fraction of sp³-hybridized carbons (Fsp3) is 0.188. The number of aromatic nitrogens is 2. The van der Waals surface area contributed by atoms with Crippen LogP contribution in [-0.2, 0) is 6.54 Å². The first kappa shape index (κ1) is 12.2. The topological polar surface area (TPSA) is 61.8 Å². The lowest BCUT2D eigenvalue weighted by Gasteiger charge is -2.04. The van der Waals surface area contributed by atoms with Crippen molar-refractivity contribution in [2.24, 2.45) is 5.73 Å². The van der Waals surface area contributed by atoms with Crippen molar-refractivity contribution in [2.75, 3.05) is 6.79 Å². The number of fused-ring (bicyclic) bond motifs is 2. The van der Waals surface area contributed by atoms with Crippen molar-refractivity contribution >= 4 is 5.65 Å². The molecular weight excluding hydrogens is 266 g/mol. The van der Waals surface area contributed by atoms with Crippen LogP contribution in [0.2, 0.25) is 0 Å². The molecule has 2 aromatic heterocycles. The summed E-state index contributed by atoms with van der Waals surface area (Å²) in [5.41, 5.74) is 10.9. The standard InChI is InChI=1S/C16H15N3O2/c1-10-2-5-15-18-16(12(7-17)19(15)8-10)11-3-4-13-14(6-11)21-9-20-13/h2-6,8H,7,9,17H2,1H3. The van der Waals surface area contributed by atoms with E-state index in [1.807, 2.05) is 30.3 Å². The van der Waals surface area contributed by atoms with E-state index in [0.717, 1.165) is 34.1 Å². The Hall–Kier alpha value is -2.53. The van der Waals surface area contributed by atoms with Gasteiger partial charge >= 0.3 is 0 Å². The van der Waals surface area contributed by atoms with E-state index in [1.54, 1.807) is 0 Å². The SMILES string of the molecule is Cc1ccc2nc(-c3ccc4c(c3)OCO4)c(CN)n2c1. The van der Waals surface area contributed by atoms with Gasteiger partial charge in [-0.25, -0.2) is 4.98 Å². The number of nitrogens with two attached hydrogens (primary N) is 1. The first-order valence-electron chi connectivity index (χ1n) is 6.84. The van der Waals surface area contributed by atoms with E-state index >= 15 is 0 Å². The minimum atomic E-state index is 0.271. The molecule has 0 saturated heterocycles. The largest absolute Gasteiger partial charge is 0.454 e. The van der Waals surface area contributed by atoms with E-state index in [2.05, 4.69) is 17.5 Å². The summed E-state index contributed by atoms with van der Waals surface area (Å²) in [4.78, 5) is 4.71. The number of nitrogens with zero attached hydrogens (tertiary/aromatic N) is 2. The Kier molecular flexibility index (Phi) is 2.62. The molecule has 21 heavy (non-hydrogen) atoms. The van der Waals surface area contributed by atoms with Gasteiger partial charge in [0.15, 0.2) is 11.5 Å². The molecule has 3 aromatic rings. The van der Waals surface area contributed by atoms with E-state index < -0.39 is 0 Å². The van der Waals surface area contributed by atoms with Crippen LogP contribution in [0.5, 0.6) is 11.5 Å². The lowest BCUT2D eigenvalue weighted by molar-refractivity contribution is 0.174. The van der Waals surface area contributed by atoms with Crippen molar-refractivity contribution in [1.29, 1.82) is 0 Å². The molecule has 5 nitrogen and oxygen atoms in total. The molecular formula is C16H15N3O2. The normalized spacial score (nSPS) is 13.0. The third-order valence-corrected chi connectivity index (χ3v) is 3.70. The van der Waals surface area contributed by atoms with Gasteiger partial charge in [0.25, 0.3) is 0 Å². The second-order valence-electron chi connectivity index (χ2n) is 5.11. The summed E-state index contributed by atoms with van der Waals surface area (Å²) >= 11 is 0. The van der Waals surface area contributed by atoms with E-state index in [4.69, 9.17) is 20.2 Å². The average Bonchev–Trinajstić information content (AvgIpc) is 3.09. The Morgan fingerprint density at radius 2 is 2.05 bits per heavy atom. The molecule has 2 N–H and O–H groups in total. The molecule has 0 unspecified atom stereocenters. The Labute approximate surface area is 121 Å². The van der Waals surface area contributed by atoms with Gasteiger partial charge < -0.3 is 19.6 Å². The van der Waals surface area contributed by atoms with Crippen LogP contribution < -0.4 is 15.2 Å². The zero-order valence-corrected chi connectivity index (χ0v) is 11.7. The number of imidazole rings is 1. The molecule has 4 rings (SSSR count). The first-order valence-corrected chi connectivity index (χ1v) is 6.84. The summed E-state index contributed by atoms with van der Waals surface area (Å²) in [6, 6.07) is 9.90. The van der Waals surface area contributed by atoms with Crippen LogP contribution in [0.25, 0.3) is 16.9 Å². The number of rotatable bonds is 2. The van der Waals surface area contributed by atoms with E-state index in [9.17, 15) is 0 Å². The summed E-state index contributed by atoms with van der Waals surface area (Å²) in [5.74, 6) is 1.52. The zero-order chi connectivity index (χ0) is 14.4. The maximum Gasteiger partial charge on any atom is 0.231 e. The second-order valence-corrected chi connectivity index (χ2v) is 5.11. The minimum absolute atomic E-state index is 0.271. The van der Waals surface area contributed by atoms with Crippen molar-refractivity contribution < 1.29 is 9.47 Å². The quantitative estimate of drug-likeness (QED) is 0.784. The van der Waals surface area contributed by atoms with Crippen LogP contribution in [0.3, 0.4) is 0 Å². The monoisotopic (exact) mass is 281 g/mol. The molecule has 1 aliphatic rings. The van der Waals surface area contributed by atoms with E-state index in [-0.39, 0.29) is 6.79 Å². The van der Waals surface area contributed by atoms with Crippen molar-refractivity contribution in [3.63, 3.8) is 0 Å². The smallest absolute Gasteiger partial charge is 0.231 e. The third-order valence-electron chi connectivity index (χ3n) is 3.70. The van der Waals surface area contributed by atoms with Crippen molar-refractivity contribution in [3.8, 4) is 22.8 Å². The van der Waals surface area contributed by atoms with Crippen LogP contribution in [0, 0.1) is 6.92 Å². The van der Waals surface area contributed by atoms with Gasteiger partial charge in [-0.2, -0.15) is 0 Å². The van der Waals surface area contributed by atoms with Gasteiger partial charge in [-0.05, 0) is 36.8 Å². The lowest BCUT2D eigenvalue weighted by atomic mass is 10.1. The van der Waals surface area contributed by atoms with E-state index in [0.29, 0.717) is 6.54 Å². The molecule has 0 fully saturated rings. The van der Waals surface area contributed by atoms with Gasteiger partial charge in [0.1, 0.15) is 5.65 Å². The molecule has 3 heterocycles. The molecule has 0 bridgehead atoms. The molecule has 0 saturated carbocycles. The van der Waals surface area contributed by atoms with Gasteiger partial charge in [-0.3, -0.25) is 0 Å². The minimum Gasteiger partial charge on any atom is -0.454 e. The number of benzene rings is 1. The highest BCUT2D eigenvalue weighted by atomic mass is 16.7. The van der Waals surface area contributed by atoms with Crippen LogP contribution in [-0.4, -0.2) is 16.2 Å². The molecule has 0 radical (unpaired) electrons. The number of ether oxygens (including phenoxy) is 2. The molecule has 5 heteroatoms. The van der Waals surface area contributed by atoms with Crippen LogP contribution >= 0.6 is 0 Å². The fourth-order valence-corrected chi connectivity index (χ4v) is 2.67. The Morgan fingerprint density at radius 3 is 2.90 bits per heavy atom. The molecule has 1 aromatic carbocycles. The number of hydrogen-bond donors (Lipinski definition) is 1. The third kappa shape index (κ3) is 1.86. The van der Waals surface area contributed by atoms with Gasteiger partial charge in [0.2, 0.25) is 6.79 Å². The zero-order valence-electron chi connectivity index (χ0n) is 11.7. The van der Waals surface area contributed by atoms with Crippen molar-refractivity contribution in [3.05, 3.63) is 47.8 Å². The van der Waals surface area contributed by atoms with Crippen LogP contribution in [0.4, 0.5) is 0 Å². The summed E-state index contributed by atoms with van der Waals surface area (Å²) in [5, 5.41) is 0. The maximum atomic E-state index is 5.94. The molecule has 1 aliphatic heterocycles. The Morgan fingerprint density at radius 1 is 1.19 bits per heavy atom. The van der Waals surface area contributed by atoms with Crippen LogP contribution in [0.15, 0.2) is 36.5 Å². The summed E-state index contributed by atoms with van der Waals surface area (Å²) < 4.78 is 12.8. The lowest BCUT2D eigenvalue weighted by Crippen LogP contribution is -2.02. The second kappa shape index (κ2) is 4.49. The highest BCUT2D eigenvalue weighted by molar-refractivity contribution is 5.69. The summed E-state index contributed by atoms with van der Waals surface area (Å²) in [7, 11) is 0. The molecule has 0 spiro atoms. The summed E-state index contributed by atoms with van der Waals surface area (Å²) in [6.07, 6.45) is 2.06. The number of pyridine rings is 1. The predicted octanol–water partition coefficient (Wildman–Crippen LogP) is 2.50. The average molecular weight is 281 g/mol.